The summed E-state index contributed by atoms with van der Waals surface area (Å²) in [4.78, 5) is 40.8. The van der Waals surface area contributed by atoms with Crippen LogP contribution in [0, 0.1) is 5.82 Å². The molecule has 4 aromatic rings. The minimum absolute atomic E-state index is 0.0467. The Morgan fingerprint density at radius 1 is 0.870 bits per heavy atom. The van der Waals surface area contributed by atoms with Crippen molar-refractivity contribution < 1.29 is 37.4 Å². The van der Waals surface area contributed by atoms with Crippen LogP contribution in [-0.2, 0) is 25.3 Å². The molecule has 1 atom stereocenters. The summed E-state index contributed by atoms with van der Waals surface area (Å²) in [5.74, 6) is -0.285. The first-order valence-electron chi connectivity index (χ1n) is 18.0. The molecule has 4 rings (SSSR count). The molecule has 0 saturated carbocycles. The van der Waals surface area contributed by atoms with Gasteiger partial charge < -0.3 is 28.5 Å². The SMILES string of the molecule is COC(=O)C[C@H](CC(=O)/C=C/c1c(-c2ccc(F)cc2)c(-c2ccccc2)c(C(=O)NCc2ccc(OC)cc2OC)n1C(C)C)O[Si](C)(C)C(C)(C)C. The highest BCUT2D eigenvalue weighted by molar-refractivity contribution is 6.74. The number of ketones is 1. The molecule has 0 aliphatic rings. The Morgan fingerprint density at radius 2 is 1.52 bits per heavy atom. The Balaban J connectivity index is 1.88. The van der Waals surface area contributed by atoms with Crippen LogP contribution in [0.2, 0.25) is 18.1 Å². The van der Waals surface area contributed by atoms with E-state index in [1.165, 1.54) is 25.3 Å². The highest BCUT2D eigenvalue weighted by Crippen LogP contribution is 2.43. The number of nitrogens with one attached hydrogen (secondary N) is 1. The second-order valence-electron chi connectivity index (χ2n) is 15.0. The van der Waals surface area contributed by atoms with Gasteiger partial charge in [-0.1, -0.05) is 63.2 Å². The van der Waals surface area contributed by atoms with Crippen LogP contribution in [0.25, 0.3) is 28.3 Å². The third-order valence-electron chi connectivity index (χ3n) is 9.85. The van der Waals surface area contributed by atoms with Gasteiger partial charge in [0.1, 0.15) is 23.0 Å². The lowest BCUT2D eigenvalue weighted by atomic mass is 9.94. The fraction of sp³-hybridized carbons (Fsp3) is 0.372. The maximum atomic E-state index is 14.5. The molecule has 1 amide bonds. The molecule has 0 aliphatic carbocycles. The normalized spacial score (nSPS) is 12.5. The quantitative estimate of drug-likeness (QED) is 0.0690. The Labute approximate surface area is 319 Å². The van der Waals surface area contributed by atoms with Crippen molar-refractivity contribution in [2.24, 2.45) is 0 Å². The Morgan fingerprint density at radius 3 is 2.09 bits per heavy atom. The van der Waals surface area contributed by atoms with E-state index in [1.807, 2.05) is 54.8 Å². The van der Waals surface area contributed by atoms with Crippen LogP contribution in [0.15, 0.2) is 78.9 Å². The largest absolute Gasteiger partial charge is 0.497 e. The van der Waals surface area contributed by atoms with Crippen LogP contribution >= 0.6 is 0 Å². The van der Waals surface area contributed by atoms with E-state index in [4.69, 9.17) is 18.6 Å². The number of carbonyl (C=O) groups excluding carboxylic acids is 3. The number of esters is 1. The van der Waals surface area contributed by atoms with Crippen molar-refractivity contribution in [3.63, 3.8) is 0 Å². The lowest BCUT2D eigenvalue weighted by Crippen LogP contribution is -2.44. The molecule has 3 aromatic carbocycles. The number of rotatable bonds is 16. The van der Waals surface area contributed by atoms with Crippen molar-refractivity contribution in [1.82, 2.24) is 9.88 Å². The monoisotopic (exact) mass is 756 g/mol. The number of allylic oxidation sites excluding steroid dienone is 1. The van der Waals surface area contributed by atoms with Crippen LogP contribution < -0.4 is 14.8 Å². The van der Waals surface area contributed by atoms with E-state index in [0.717, 1.165) is 11.1 Å². The molecule has 1 aromatic heterocycles. The zero-order valence-electron chi connectivity index (χ0n) is 33.0. The summed E-state index contributed by atoms with van der Waals surface area (Å²) >= 11 is 0. The first kappa shape index (κ1) is 41.7. The minimum Gasteiger partial charge on any atom is -0.497 e. The summed E-state index contributed by atoms with van der Waals surface area (Å²) in [7, 11) is 2.09. The summed E-state index contributed by atoms with van der Waals surface area (Å²) in [6.07, 6.45) is 2.39. The summed E-state index contributed by atoms with van der Waals surface area (Å²) < 4.78 is 38.7. The highest BCUT2D eigenvalue weighted by atomic mass is 28.4. The van der Waals surface area contributed by atoms with Crippen molar-refractivity contribution in [3.05, 3.63) is 102 Å². The standard InChI is InChI=1S/C43H53FN2O7Si/c1-28(2)46-36(23-21-33(47)24-35(26-38(48)52-8)53-54(9,10)43(3,4)5)39(30-16-19-32(44)20-17-30)40(29-14-12-11-13-15-29)41(46)42(49)45-27-31-18-22-34(50-6)25-37(31)51-7/h11-23,25,28,35H,24,26-27H2,1-10H3,(H,45,49)/b23-21+/t35-/m0/s1. The second-order valence-corrected chi connectivity index (χ2v) is 19.7. The van der Waals surface area contributed by atoms with Crippen LogP contribution in [0.5, 0.6) is 11.5 Å². The zero-order valence-corrected chi connectivity index (χ0v) is 34.0. The van der Waals surface area contributed by atoms with Crippen molar-refractivity contribution in [2.45, 2.75) is 84.3 Å². The molecular formula is C43H53FN2O7Si. The molecule has 11 heteroatoms. The van der Waals surface area contributed by atoms with E-state index < -0.39 is 26.2 Å². The molecule has 0 saturated heterocycles. The van der Waals surface area contributed by atoms with Gasteiger partial charge in [0, 0.05) is 41.8 Å². The van der Waals surface area contributed by atoms with Gasteiger partial charge in [0.15, 0.2) is 14.1 Å². The molecule has 0 spiro atoms. The summed E-state index contributed by atoms with van der Waals surface area (Å²) in [6.45, 7) is 14.5. The Kier molecular flexibility index (Phi) is 13.8. The van der Waals surface area contributed by atoms with Crippen LogP contribution in [0.3, 0.4) is 0 Å². The minimum atomic E-state index is -2.36. The topological polar surface area (TPSA) is 105 Å². The molecule has 0 radical (unpaired) electrons. The van der Waals surface area contributed by atoms with E-state index in [2.05, 4.69) is 39.2 Å². The van der Waals surface area contributed by atoms with E-state index in [-0.39, 0.29) is 42.2 Å². The maximum absolute atomic E-state index is 14.5. The van der Waals surface area contributed by atoms with Crippen molar-refractivity contribution >= 4 is 32.1 Å². The van der Waals surface area contributed by atoms with Crippen molar-refractivity contribution in [1.29, 1.82) is 0 Å². The molecule has 0 unspecified atom stereocenters. The van der Waals surface area contributed by atoms with Gasteiger partial charge in [-0.15, -0.1) is 0 Å². The van der Waals surface area contributed by atoms with Gasteiger partial charge >= 0.3 is 5.97 Å². The molecule has 288 valence electrons. The van der Waals surface area contributed by atoms with Crippen LogP contribution in [0.4, 0.5) is 4.39 Å². The van der Waals surface area contributed by atoms with Crippen molar-refractivity contribution in [3.8, 4) is 33.8 Å². The number of amides is 1. The molecule has 0 aliphatic heterocycles. The average molecular weight is 757 g/mol. The number of benzene rings is 3. The number of nitrogens with zero attached hydrogens (tertiary/aromatic N) is 1. The fourth-order valence-electron chi connectivity index (χ4n) is 6.07. The lowest BCUT2D eigenvalue weighted by molar-refractivity contribution is -0.142. The summed E-state index contributed by atoms with van der Waals surface area (Å²) in [5, 5.41) is 2.95. The van der Waals surface area contributed by atoms with E-state index >= 15 is 0 Å². The number of carbonyl (C=O) groups is 3. The third-order valence-corrected chi connectivity index (χ3v) is 14.4. The number of hydrogen-bond acceptors (Lipinski definition) is 7. The third kappa shape index (κ3) is 9.94. The Bertz CT molecular complexity index is 1960. The maximum Gasteiger partial charge on any atom is 0.308 e. The first-order valence-corrected chi connectivity index (χ1v) is 21.0. The molecule has 9 nitrogen and oxygen atoms in total. The predicted octanol–water partition coefficient (Wildman–Crippen LogP) is 9.42. The zero-order chi connectivity index (χ0) is 39.8. The fourth-order valence-corrected chi connectivity index (χ4v) is 7.42. The Hall–Kier alpha value is -5.00. The molecular weight excluding hydrogens is 704 g/mol. The predicted molar refractivity (Wildman–Crippen MR) is 214 cm³/mol. The van der Waals surface area contributed by atoms with E-state index in [9.17, 15) is 18.8 Å². The van der Waals surface area contributed by atoms with Gasteiger partial charge in [-0.25, -0.2) is 4.39 Å². The smallest absolute Gasteiger partial charge is 0.308 e. The molecule has 0 bridgehead atoms. The number of hydrogen-bond donors (Lipinski definition) is 1. The second kappa shape index (κ2) is 17.9. The molecule has 1 N–H and O–H groups in total. The molecule has 54 heavy (non-hydrogen) atoms. The highest BCUT2D eigenvalue weighted by Gasteiger charge is 2.40. The summed E-state index contributed by atoms with van der Waals surface area (Å²) in [5.41, 5.74) is 4.44. The van der Waals surface area contributed by atoms with Gasteiger partial charge in [0.25, 0.3) is 5.91 Å². The van der Waals surface area contributed by atoms with Crippen LogP contribution in [0.1, 0.15) is 75.2 Å². The van der Waals surface area contributed by atoms with E-state index in [0.29, 0.717) is 39.6 Å². The lowest BCUT2D eigenvalue weighted by Gasteiger charge is -2.39. The number of aromatic nitrogens is 1. The number of halogens is 1. The van der Waals surface area contributed by atoms with Gasteiger partial charge in [-0.05, 0) is 79.5 Å². The van der Waals surface area contributed by atoms with Gasteiger partial charge in [-0.2, -0.15) is 0 Å². The van der Waals surface area contributed by atoms with Crippen LogP contribution in [-0.4, -0.2) is 58.0 Å². The van der Waals surface area contributed by atoms with Gasteiger partial charge in [-0.3, -0.25) is 14.4 Å². The number of methoxy groups -OCH3 is 3. The van der Waals surface area contributed by atoms with Gasteiger partial charge in [0.2, 0.25) is 0 Å². The average Bonchev–Trinajstić information content (AvgIpc) is 3.48. The first-order chi connectivity index (χ1) is 25.5. The van der Waals surface area contributed by atoms with E-state index in [1.54, 1.807) is 44.6 Å². The summed E-state index contributed by atoms with van der Waals surface area (Å²) in [6, 6.07) is 20.8. The van der Waals surface area contributed by atoms with Gasteiger partial charge in [0.05, 0.1) is 39.5 Å². The molecule has 0 fully saturated rings. The molecule has 1 heterocycles. The number of ether oxygens (including phenoxy) is 3. The van der Waals surface area contributed by atoms with Crippen molar-refractivity contribution in [2.75, 3.05) is 21.3 Å².